The molecule has 2 aromatic rings. The normalized spacial score (nSPS) is 12.9. The molecule has 0 spiro atoms. The first-order valence-corrected chi connectivity index (χ1v) is 10.4. The Balaban J connectivity index is 2.26. The van der Waals surface area contributed by atoms with Gasteiger partial charge in [0, 0.05) is 18.2 Å². The van der Waals surface area contributed by atoms with Crippen molar-refractivity contribution in [2.24, 2.45) is 0 Å². The molecule has 162 valence electrons. The van der Waals surface area contributed by atoms with Crippen molar-refractivity contribution < 1.29 is 26.8 Å². The SMILES string of the molecule is CNC(=O)C(NC(=O)c1ccc(S(=O)(=O)NC(C)(C)C)cc1)c1ccc(F)c(F)c1. The van der Waals surface area contributed by atoms with Gasteiger partial charge in [0.25, 0.3) is 5.91 Å². The van der Waals surface area contributed by atoms with Crippen LogP contribution in [0.5, 0.6) is 0 Å². The predicted octanol–water partition coefficient (Wildman–Crippen LogP) is 2.26. The zero-order valence-electron chi connectivity index (χ0n) is 16.9. The summed E-state index contributed by atoms with van der Waals surface area (Å²) in [6.07, 6.45) is 0. The first-order chi connectivity index (χ1) is 13.8. The monoisotopic (exact) mass is 439 g/mol. The average Bonchev–Trinajstić information content (AvgIpc) is 2.66. The summed E-state index contributed by atoms with van der Waals surface area (Å²) in [5.74, 6) is -3.57. The Morgan fingerprint density at radius 2 is 1.57 bits per heavy atom. The highest BCUT2D eigenvalue weighted by Crippen LogP contribution is 2.19. The minimum atomic E-state index is -3.78. The van der Waals surface area contributed by atoms with E-state index < -0.39 is 45.1 Å². The van der Waals surface area contributed by atoms with Crippen LogP contribution in [0.3, 0.4) is 0 Å². The fraction of sp³-hybridized carbons (Fsp3) is 0.300. The average molecular weight is 439 g/mol. The Bertz CT molecular complexity index is 1050. The van der Waals surface area contributed by atoms with Crippen molar-refractivity contribution in [1.29, 1.82) is 0 Å². The van der Waals surface area contributed by atoms with Gasteiger partial charge in [0.1, 0.15) is 6.04 Å². The maximum absolute atomic E-state index is 13.6. The molecule has 0 saturated carbocycles. The molecule has 2 amide bonds. The van der Waals surface area contributed by atoms with Crippen molar-refractivity contribution in [2.75, 3.05) is 7.05 Å². The molecule has 2 rings (SSSR count). The van der Waals surface area contributed by atoms with Crippen LogP contribution < -0.4 is 15.4 Å². The van der Waals surface area contributed by atoms with Crippen LogP contribution in [0.1, 0.15) is 42.7 Å². The zero-order valence-corrected chi connectivity index (χ0v) is 17.7. The lowest BCUT2D eigenvalue weighted by atomic mass is 10.0. The van der Waals surface area contributed by atoms with Gasteiger partial charge in [-0.15, -0.1) is 0 Å². The van der Waals surface area contributed by atoms with E-state index in [1.807, 2.05) is 0 Å². The van der Waals surface area contributed by atoms with Crippen molar-refractivity contribution in [2.45, 2.75) is 37.2 Å². The summed E-state index contributed by atoms with van der Waals surface area (Å²) >= 11 is 0. The third kappa shape index (κ3) is 5.83. The van der Waals surface area contributed by atoms with E-state index in [0.29, 0.717) is 0 Å². The maximum Gasteiger partial charge on any atom is 0.252 e. The highest BCUT2D eigenvalue weighted by Gasteiger charge is 2.25. The summed E-state index contributed by atoms with van der Waals surface area (Å²) in [6.45, 7) is 5.09. The lowest BCUT2D eigenvalue weighted by Crippen LogP contribution is -2.40. The molecule has 1 unspecified atom stereocenters. The first-order valence-electron chi connectivity index (χ1n) is 8.95. The molecular weight excluding hydrogens is 416 g/mol. The molecule has 0 aromatic heterocycles. The van der Waals surface area contributed by atoms with Crippen LogP contribution in [0.2, 0.25) is 0 Å². The molecule has 0 aliphatic heterocycles. The molecule has 3 N–H and O–H groups in total. The number of halogens is 2. The number of carbonyl (C=O) groups excluding carboxylic acids is 2. The summed E-state index contributed by atoms with van der Waals surface area (Å²) in [7, 11) is -2.44. The number of carbonyl (C=O) groups is 2. The van der Waals surface area contributed by atoms with Crippen molar-refractivity contribution in [3.8, 4) is 0 Å². The van der Waals surface area contributed by atoms with E-state index in [1.54, 1.807) is 20.8 Å². The van der Waals surface area contributed by atoms with Crippen LogP contribution in [0.15, 0.2) is 47.4 Å². The van der Waals surface area contributed by atoms with E-state index >= 15 is 0 Å². The summed E-state index contributed by atoms with van der Waals surface area (Å²) in [5.41, 5.74) is -0.545. The van der Waals surface area contributed by atoms with E-state index in [4.69, 9.17) is 0 Å². The van der Waals surface area contributed by atoms with Gasteiger partial charge in [0.2, 0.25) is 15.9 Å². The molecule has 30 heavy (non-hydrogen) atoms. The fourth-order valence-electron chi connectivity index (χ4n) is 2.60. The molecule has 0 aliphatic carbocycles. The number of hydrogen-bond acceptors (Lipinski definition) is 4. The molecular formula is C20H23F2N3O4S. The molecule has 0 fully saturated rings. The lowest BCUT2D eigenvalue weighted by Gasteiger charge is -2.20. The van der Waals surface area contributed by atoms with Crippen molar-refractivity contribution in [1.82, 2.24) is 15.4 Å². The second-order valence-electron chi connectivity index (χ2n) is 7.57. The Labute approximate surface area is 173 Å². The zero-order chi connectivity index (χ0) is 22.7. The number of benzene rings is 2. The van der Waals surface area contributed by atoms with Crippen molar-refractivity contribution in [3.05, 3.63) is 65.2 Å². The van der Waals surface area contributed by atoms with Crippen molar-refractivity contribution >= 4 is 21.8 Å². The van der Waals surface area contributed by atoms with Gasteiger partial charge in [0.05, 0.1) is 4.90 Å². The summed E-state index contributed by atoms with van der Waals surface area (Å²) < 4.78 is 53.9. The third-order valence-electron chi connectivity index (χ3n) is 3.93. The number of nitrogens with one attached hydrogen (secondary N) is 3. The van der Waals surface area contributed by atoms with Crippen LogP contribution in [0, 0.1) is 11.6 Å². The van der Waals surface area contributed by atoms with E-state index in [9.17, 15) is 26.8 Å². The largest absolute Gasteiger partial charge is 0.357 e. The first kappa shape index (κ1) is 23.4. The van der Waals surface area contributed by atoms with E-state index in [1.165, 1.54) is 37.4 Å². The minimum Gasteiger partial charge on any atom is -0.357 e. The molecule has 0 bridgehead atoms. The number of amides is 2. The van der Waals surface area contributed by atoms with Gasteiger partial charge in [0.15, 0.2) is 11.6 Å². The highest BCUT2D eigenvalue weighted by atomic mass is 32.2. The molecule has 1 atom stereocenters. The summed E-state index contributed by atoms with van der Waals surface area (Å²) in [6, 6.07) is 6.69. The molecule has 0 heterocycles. The summed E-state index contributed by atoms with van der Waals surface area (Å²) in [5, 5.41) is 4.79. The molecule has 0 aliphatic rings. The quantitative estimate of drug-likeness (QED) is 0.642. The molecule has 2 aromatic carbocycles. The number of likely N-dealkylation sites (N-methyl/N-ethyl adjacent to an activating group) is 1. The van der Waals surface area contributed by atoms with Gasteiger partial charge >= 0.3 is 0 Å². The van der Waals surface area contributed by atoms with Crippen molar-refractivity contribution in [3.63, 3.8) is 0 Å². The van der Waals surface area contributed by atoms with Crippen LogP contribution in [-0.2, 0) is 14.8 Å². The summed E-state index contributed by atoms with van der Waals surface area (Å²) in [4.78, 5) is 24.7. The molecule has 0 saturated heterocycles. The Kier molecular flexibility index (Phi) is 6.94. The highest BCUT2D eigenvalue weighted by molar-refractivity contribution is 7.89. The number of hydrogen-bond donors (Lipinski definition) is 3. The Hall–Kier alpha value is -2.85. The minimum absolute atomic E-state index is 0.0302. The van der Waals surface area contributed by atoms with Crippen LogP contribution >= 0.6 is 0 Å². The van der Waals surface area contributed by atoms with Crippen LogP contribution in [-0.4, -0.2) is 32.8 Å². The second-order valence-corrected chi connectivity index (χ2v) is 9.26. The van der Waals surface area contributed by atoms with E-state index in [0.717, 1.165) is 12.1 Å². The molecule has 10 heteroatoms. The van der Waals surface area contributed by atoms with E-state index in [-0.39, 0.29) is 16.0 Å². The predicted molar refractivity (Wildman–Crippen MR) is 107 cm³/mol. The van der Waals surface area contributed by atoms with Gasteiger partial charge in [-0.05, 0) is 62.7 Å². The Morgan fingerprint density at radius 3 is 2.07 bits per heavy atom. The standard InChI is InChI=1S/C20H23F2N3O4S/c1-20(2,3)25-30(28,29)14-8-5-12(6-9-14)18(26)24-17(19(27)23-4)13-7-10-15(21)16(22)11-13/h5-11,17,25H,1-4H3,(H,23,27)(H,24,26). The number of sulfonamides is 1. The topological polar surface area (TPSA) is 104 Å². The van der Waals surface area contributed by atoms with Gasteiger partial charge in [-0.2, -0.15) is 0 Å². The number of rotatable bonds is 6. The van der Waals surface area contributed by atoms with Gasteiger partial charge in [-0.3, -0.25) is 9.59 Å². The van der Waals surface area contributed by atoms with Gasteiger partial charge in [-0.25, -0.2) is 21.9 Å². The second kappa shape index (κ2) is 8.88. The van der Waals surface area contributed by atoms with Gasteiger partial charge in [-0.1, -0.05) is 6.07 Å². The fourth-order valence-corrected chi connectivity index (χ4v) is 4.02. The third-order valence-corrected chi connectivity index (χ3v) is 5.70. The van der Waals surface area contributed by atoms with Crippen LogP contribution in [0.25, 0.3) is 0 Å². The lowest BCUT2D eigenvalue weighted by molar-refractivity contribution is -0.122. The van der Waals surface area contributed by atoms with E-state index in [2.05, 4.69) is 15.4 Å². The van der Waals surface area contributed by atoms with Gasteiger partial charge < -0.3 is 10.6 Å². The smallest absolute Gasteiger partial charge is 0.252 e. The van der Waals surface area contributed by atoms with Crippen LogP contribution in [0.4, 0.5) is 8.78 Å². The molecule has 0 radical (unpaired) electrons. The molecule has 7 nitrogen and oxygen atoms in total. The Morgan fingerprint density at radius 1 is 0.967 bits per heavy atom. The maximum atomic E-state index is 13.6.